The van der Waals surface area contributed by atoms with E-state index in [1.165, 1.54) is 6.07 Å². The normalized spacial score (nSPS) is 13.0. The van der Waals surface area contributed by atoms with E-state index < -0.39 is 11.7 Å². The van der Waals surface area contributed by atoms with Crippen LogP contribution in [0.4, 0.5) is 18.9 Å². The van der Waals surface area contributed by atoms with E-state index in [0.717, 1.165) is 22.2 Å². The molecule has 0 aliphatic heterocycles. The predicted octanol–water partition coefficient (Wildman–Crippen LogP) is 6.29. The predicted molar refractivity (Wildman–Crippen MR) is 82.6 cm³/mol. The van der Waals surface area contributed by atoms with Crippen LogP contribution in [0.2, 0.25) is 5.02 Å². The summed E-state index contributed by atoms with van der Waals surface area (Å²) >= 11 is 9.31. The lowest BCUT2D eigenvalue weighted by Crippen LogP contribution is -2.09. The van der Waals surface area contributed by atoms with Crippen LogP contribution in [0.3, 0.4) is 0 Å². The van der Waals surface area contributed by atoms with E-state index in [4.69, 9.17) is 11.6 Å². The van der Waals surface area contributed by atoms with E-state index in [9.17, 15) is 13.2 Å². The Morgan fingerprint density at radius 1 is 1.14 bits per heavy atom. The molecule has 2 aromatic rings. The Bertz CT molecular complexity index is 643. The Morgan fingerprint density at radius 3 is 2.43 bits per heavy atom. The number of rotatable bonds is 3. The molecule has 0 spiro atoms. The molecule has 0 saturated heterocycles. The number of nitrogens with one attached hydrogen (secondary N) is 1. The van der Waals surface area contributed by atoms with Crippen molar-refractivity contribution in [1.29, 1.82) is 0 Å². The Kier molecular flexibility index (Phi) is 4.84. The summed E-state index contributed by atoms with van der Waals surface area (Å²) in [5.41, 5.74) is 0.714. The van der Waals surface area contributed by atoms with Crippen LogP contribution in [0.5, 0.6) is 0 Å². The van der Waals surface area contributed by atoms with Gasteiger partial charge >= 0.3 is 6.18 Å². The average Bonchev–Trinajstić information content (AvgIpc) is 2.39. The van der Waals surface area contributed by atoms with Crippen molar-refractivity contribution >= 4 is 33.2 Å². The van der Waals surface area contributed by atoms with Gasteiger partial charge in [0.15, 0.2) is 0 Å². The van der Waals surface area contributed by atoms with Crippen molar-refractivity contribution in [3.05, 3.63) is 63.1 Å². The fraction of sp³-hybridized carbons (Fsp3) is 0.200. The van der Waals surface area contributed by atoms with E-state index in [-0.39, 0.29) is 11.1 Å². The van der Waals surface area contributed by atoms with E-state index in [1.54, 1.807) is 0 Å². The smallest absolute Gasteiger partial charge is 0.377 e. The SMILES string of the molecule is CC(Nc1ccc(C(F)(F)F)cc1Cl)c1cccc(Br)c1. The van der Waals surface area contributed by atoms with E-state index in [2.05, 4.69) is 21.2 Å². The number of halogens is 5. The molecule has 0 aromatic heterocycles. The number of alkyl halides is 3. The van der Waals surface area contributed by atoms with Gasteiger partial charge in [-0.05, 0) is 42.8 Å². The van der Waals surface area contributed by atoms with Crippen molar-refractivity contribution in [3.8, 4) is 0 Å². The second-order valence-corrected chi connectivity index (χ2v) is 5.94. The molecule has 0 amide bonds. The first-order valence-corrected chi connectivity index (χ1v) is 7.33. The number of anilines is 1. The van der Waals surface area contributed by atoms with Gasteiger partial charge in [-0.2, -0.15) is 13.2 Å². The molecule has 0 bridgehead atoms. The maximum absolute atomic E-state index is 12.6. The van der Waals surface area contributed by atoms with E-state index in [0.29, 0.717) is 5.69 Å². The summed E-state index contributed by atoms with van der Waals surface area (Å²) in [5, 5.41) is 3.16. The van der Waals surface area contributed by atoms with Gasteiger partial charge in [-0.3, -0.25) is 0 Å². The fourth-order valence-corrected chi connectivity index (χ4v) is 2.55. The zero-order valence-electron chi connectivity index (χ0n) is 11.0. The second kappa shape index (κ2) is 6.28. The van der Waals surface area contributed by atoms with Crippen molar-refractivity contribution in [3.63, 3.8) is 0 Å². The third-order valence-electron chi connectivity index (χ3n) is 3.02. The lowest BCUT2D eigenvalue weighted by Gasteiger charge is -2.18. The van der Waals surface area contributed by atoms with Gasteiger partial charge in [0.05, 0.1) is 16.3 Å². The summed E-state index contributed by atoms with van der Waals surface area (Å²) in [6.45, 7) is 1.91. The molecule has 6 heteroatoms. The summed E-state index contributed by atoms with van der Waals surface area (Å²) in [6, 6.07) is 10.9. The monoisotopic (exact) mass is 377 g/mol. The van der Waals surface area contributed by atoms with Crippen molar-refractivity contribution in [2.45, 2.75) is 19.1 Å². The topological polar surface area (TPSA) is 12.0 Å². The van der Waals surface area contributed by atoms with Gasteiger partial charge in [-0.15, -0.1) is 0 Å². The minimum atomic E-state index is -4.39. The maximum Gasteiger partial charge on any atom is 0.416 e. The third-order valence-corrected chi connectivity index (χ3v) is 3.82. The molecule has 0 fully saturated rings. The van der Waals surface area contributed by atoms with Gasteiger partial charge in [0.1, 0.15) is 0 Å². The standard InChI is InChI=1S/C15H12BrClF3N/c1-9(10-3-2-4-12(16)7-10)21-14-6-5-11(8-13(14)17)15(18,19)20/h2-9,21H,1H3. The van der Waals surface area contributed by atoms with Gasteiger partial charge in [0.2, 0.25) is 0 Å². The fourth-order valence-electron chi connectivity index (χ4n) is 1.90. The molecule has 21 heavy (non-hydrogen) atoms. The zero-order valence-corrected chi connectivity index (χ0v) is 13.4. The van der Waals surface area contributed by atoms with E-state index in [1.807, 2.05) is 31.2 Å². The number of benzene rings is 2. The highest BCUT2D eigenvalue weighted by atomic mass is 79.9. The first-order valence-electron chi connectivity index (χ1n) is 6.16. The molecular formula is C15H12BrClF3N. The van der Waals surface area contributed by atoms with Crippen LogP contribution >= 0.6 is 27.5 Å². The molecule has 0 aliphatic carbocycles. The highest BCUT2D eigenvalue weighted by molar-refractivity contribution is 9.10. The Morgan fingerprint density at radius 2 is 1.86 bits per heavy atom. The lowest BCUT2D eigenvalue weighted by molar-refractivity contribution is -0.137. The van der Waals surface area contributed by atoms with Gasteiger partial charge < -0.3 is 5.32 Å². The molecule has 0 heterocycles. The Balaban J connectivity index is 2.20. The highest BCUT2D eigenvalue weighted by Crippen LogP contribution is 2.35. The molecule has 2 rings (SSSR count). The summed E-state index contributed by atoms with van der Waals surface area (Å²) < 4.78 is 38.7. The molecule has 112 valence electrons. The molecule has 1 nitrogen and oxygen atoms in total. The minimum absolute atomic E-state index is 0.0478. The largest absolute Gasteiger partial charge is 0.416 e. The Hall–Kier alpha value is -1.20. The second-order valence-electron chi connectivity index (χ2n) is 4.61. The van der Waals surface area contributed by atoms with Crippen LogP contribution in [-0.4, -0.2) is 0 Å². The zero-order chi connectivity index (χ0) is 15.6. The molecule has 1 unspecified atom stereocenters. The van der Waals surface area contributed by atoms with Gasteiger partial charge in [0, 0.05) is 10.5 Å². The molecule has 2 aromatic carbocycles. The minimum Gasteiger partial charge on any atom is -0.377 e. The molecular weight excluding hydrogens is 367 g/mol. The van der Waals surface area contributed by atoms with Gasteiger partial charge in [-0.1, -0.05) is 39.7 Å². The summed E-state index contributed by atoms with van der Waals surface area (Å²) in [4.78, 5) is 0. The van der Waals surface area contributed by atoms with E-state index >= 15 is 0 Å². The van der Waals surface area contributed by atoms with Crippen LogP contribution in [0.15, 0.2) is 46.9 Å². The lowest BCUT2D eigenvalue weighted by atomic mass is 10.1. The molecule has 0 saturated carbocycles. The van der Waals surface area contributed by atoms with Crippen LogP contribution in [0.1, 0.15) is 24.1 Å². The van der Waals surface area contributed by atoms with Crippen molar-refractivity contribution in [1.82, 2.24) is 0 Å². The molecule has 0 radical (unpaired) electrons. The average molecular weight is 379 g/mol. The van der Waals surface area contributed by atoms with Crippen molar-refractivity contribution < 1.29 is 13.2 Å². The van der Waals surface area contributed by atoms with Gasteiger partial charge in [-0.25, -0.2) is 0 Å². The maximum atomic E-state index is 12.6. The first-order chi connectivity index (χ1) is 9.77. The third kappa shape index (κ3) is 4.14. The van der Waals surface area contributed by atoms with Crippen LogP contribution in [-0.2, 0) is 6.18 Å². The van der Waals surface area contributed by atoms with Crippen molar-refractivity contribution in [2.75, 3.05) is 5.32 Å². The number of hydrogen-bond acceptors (Lipinski definition) is 1. The first kappa shape index (κ1) is 16.2. The number of hydrogen-bond donors (Lipinski definition) is 1. The molecule has 1 atom stereocenters. The molecule has 1 N–H and O–H groups in total. The Labute approximate surface area is 134 Å². The molecule has 0 aliphatic rings. The summed E-state index contributed by atoms with van der Waals surface area (Å²) in [7, 11) is 0. The summed E-state index contributed by atoms with van der Waals surface area (Å²) in [5.74, 6) is 0. The van der Waals surface area contributed by atoms with Crippen LogP contribution in [0, 0.1) is 0 Å². The van der Waals surface area contributed by atoms with Gasteiger partial charge in [0.25, 0.3) is 0 Å². The van der Waals surface area contributed by atoms with Crippen LogP contribution < -0.4 is 5.32 Å². The quantitative estimate of drug-likeness (QED) is 0.661. The van der Waals surface area contributed by atoms with Crippen molar-refractivity contribution in [2.24, 2.45) is 0 Å². The van der Waals surface area contributed by atoms with Crippen LogP contribution in [0.25, 0.3) is 0 Å². The summed E-state index contributed by atoms with van der Waals surface area (Å²) in [6.07, 6.45) is -4.39. The highest BCUT2D eigenvalue weighted by Gasteiger charge is 2.30.